The molecule has 1 aliphatic heterocycles. The van der Waals surface area contributed by atoms with Crippen molar-refractivity contribution in [3.05, 3.63) is 52.7 Å². The van der Waals surface area contributed by atoms with Crippen LogP contribution in [0.15, 0.2) is 41.3 Å². The Hall–Kier alpha value is -2.67. The molecule has 4 rings (SSSR count). The fourth-order valence-corrected chi connectivity index (χ4v) is 4.41. The van der Waals surface area contributed by atoms with E-state index in [0.717, 1.165) is 25.0 Å². The van der Waals surface area contributed by atoms with E-state index in [2.05, 4.69) is 17.1 Å². The highest BCUT2D eigenvalue weighted by Gasteiger charge is 2.23. The van der Waals surface area contributed by atoms with Crippen molar-refractivity contribution in [2.45, 2.75) is 45.2 Å². The van der Waals surface area contributed by atoms with Crippen LogP contribution in [0.3, 0.4) is 0 Å². The number of amides is 1. The minimum Gasteiger partial charge on any atom is -0.355 e. The van der Waals surface area contributed by atoms with Crippen LogP contribution < -0.4 is 10.9 Å². The molecule has 1 atom stereocenters. The summed E-state index contributed by atoms with van der Waals surface area (Å²) in [5.74, 6) is -0.382. The molecule has 7 heteroatoms. The highest BCUT2D eigenvalue weighted by molar-refractivity contribution is 5.79. The summed E-state index contributed by atoms with van der Waals surface area (Å²) in [7, 11) is 0. The Morgan fingerprint density at radius 1 is 1.24 bits per heavy atom. The monoisotopic (exact) mass is 398 g/mol. The van der Waals surface area contributed by atoms with Gasteiger partial charge in [0.1, 0.15) is 11.3 Å². The minimum absolute atomic E-state index is 0.000234. The number of aromatic nitrogens is 2. The van der Waals surface area contributed by atoms with E-state index in [1.807, 2.05) is 0 Å². The average Bonchev–Trinajstić information content (AvgIpc) is 3.38. The highest BCUT2D eigenvalue weighted by atomic mass is 19.1. The Labute approximate surface area is 168 Å². The molecule has 2 aromatic heterocycles. The van der Waals surface area contributed by atoms with Gasteiger partial charge >= 0.3 is 0 Å². The standard InChI is InChI=1S/C22H27FN4O2/c1-2-25-11-3-6-17(25)15-24-21(28)8-5-13-27-20-14-16(23)9-10-18(20)26-12-4-7-19(26)22(27)29/h4,7,9-10,12,14,17H,2-3,5-6,8,11,13,15H2,1H3,(H,24,28)/t17-/m1/s1. The number of hydrogen-bond donors (Lipinski definition) is 1. The Kier molecular flexibility index (Phi) is 5.67. The van der Waals surface area contributed by atoms with Crippen LogP contribution in [0.5, 0.6) is 0 Å². The molecule has 0 spiro atoms. The predicted molar refractivity (Wildman–Crippen MR) is 112 cm³/mol. The number of halogens is 1. The van der Waals surface area contributed by atoms with E-state index in [9.17, 15) is 14.0 Å². The molecule has 0 aliphatic carbocycles. The van der Waals surface area contributed by atoms with Gasteiger partial charge in [0.05, 0.1) is 11.0 Å². The number of benzene rings is 1. The van der Waals surface area contributed by atoms with Crippen LogP contribution in [-0.2, 0) is 11.3 Å². The van der Waals surface area contributed by atoms with Gasteiger partial charge in [-0.1, -0.05) is 6.92 Å². The summed E-state index contributed by atoms with van der Waals surface area (Å²) in [6.45, 7) is 5.31. The van der Waals surface area contributed by atoms with E-state index in [-0.39, 0.29) is 17.3 Å². The molecule has 0 unspecified atom stereocenters. The van der Waals surface area contributed by atoms with E-state index in [1.54, 1.807) is 33.4 Å². The fraction of sp³-hybridized carbons (Fsp3) is 0.455. The van der Waals surface area contributed by atoms with E-state index >= 15 is 0 Å². The largest absolute Gasteiger partial charge is 0.355 e. The Morgan fingerprint density at radius 3 is 2.93 bits per heavy atom. The minimum atomic E-state index is -0.382. The fourth-order valence-electron chi connectivity index (χ4n) is 4.41. The Morgan fingerprint density at radius 2 is 2.10 bits per heavy atom. The van der Waals surface area contributed by atoms with Crippen LogP contribution in [0.4, 0.5) is 4.39 Å². The lowest BCUT2D eigenvalue weighted by molar-refractivity contribution is -0.121. The molecule has 3 aromatic rings. The van der Waals surface area contributed by atoms with Gasteiger partial charge in [0.25, 0.3) is 5.56 Å². The van der Waals surface area contributed by atoms with Crippen LogP contribution in [0.1, 0.15) is 32.6 Å². The number of fused-ring (bicyclic) bond motifs is 3. The number of likely N-dealkylation sites (N-methyl/N-ethyl adjacent to an activating group) is 1. The number of aryl methyl sites for hydroxylation is 1. The predicted octanol–water partition coefficient (Wildman–Crippen LogP) is 2.77. The van der Waals surface area contributed by atoms with Gasteiger partial charge in [-0.15, -0.1) is 0 Å². The van der Waals surface area contributed by atoms with Gasteiger partial charge in [0, 0.05) is 31.7 Å². The summed E-state index contributed by atoms with van der Waals surface area (Å²) < 4.78 is 17.2. The summed E-state index contributed by atoms with van der Waals surface area (Å²) in [5.41, 5.74) is 1.70. The zero-order valence-electron chi connectivity index (χ0n) is 16.7. The summed E-state index contributed by atoms with van der Waals surface area (Å²) in [5, 5.41) is 3.03. The number of hydrogen-bond acceptors (Lipinski definition) is 3. The van der Waals surface area contributed by atoms with Gasteiger partial charge in [-0.2, -0.15) is 0 Å². The maximum absolute atomic E-state index is 13.8. The van der Waals surface area contributed by atoms with Gasteiger partial charge in [-0.05, 0) is 62.7 Å². The van der Waals surface area contributed by atoms with Gasteiger partial charge in [0.2, 0.25) is 5.91 Å². The molecule has 3 heterocycles. The van der Waals surface area contributed by atoms with E-state index in [0.29, 0.717) is 43.0 Å². The lowest BCUT2D eigenvalue weighted by Gasteiger charge is -2.22. The zero-order chi connectivity index (χ0) is 20.4. The van der Waals surface area contributed by atoms with Gasteiger partial charge in [-0.3, -0.25) is 14.5 Å². The van der Waals surface area contributed by atoms with Crippen LogP contribution in [-0.4, -0.2) is 45.5 Å². The van der Waals surface area contributed by atoms with Crippen LogP contribution in [0, 0.1) is 5.82 Å². The normalized spacial score (nSPS) is 17.4. The molecule has 1 N–H and O–H groups in total. The van der Waals surface area contributed by atoms with E-state index < -0.39 is 0 Å². The molecule has 1 aliphatic rings. The first-order valence-corrected chi connectivity index (χ1v) is 10.4. The molecule has 6 nitrogen and oxygen atoms in total. The van der Waals surface area contributed by atoms with Crippen molar-refractivity contribution >= 4 is 22.5 Å². The van der Waals surface area contributed by atoms with Crippen molar-refractivity contribution < 1.29 is 9.18 Å². The first-order chi connectivity index (χ1) is 14.1. The maximum Gasteiger partial charge on any atom is 0.275 e. The average molecular weight is 398 g/mol. The third-order valence-electron chi connectivity index (χ3n) is 5.93. The molecule has 1 aromatic carbocycles. The summed E-state index contributed by atoms with van der Waals surface area (Å²) in [6, 6.07) is 8.45. The molecule has 1 saturated heterocycles. The first-order valence-electron chi connectivity index (χ1n) is 10.4. The lowest BCUT2D eigenvalue weighted by atomic mass is 10.2. The van der Waals surface area contributed by atoms with Crippen LogP contribution >= 0.6 is 0 Å². The smallest absolute Gasteiger partial charge is 0.275 e. The Bertz CT molecular complexity index is 1090. The molecule has 154 valence electrons. The number of nitrogens with zero attached hydrogens (tertiary/aromatic N) is 3. The quantitative estimate of drug-likeness (QED) is 0.666. The molecule has 0 bridgehead atoms. The summed E-state index contributed by atoms with van der Waals surface area (Å²) in [6.07, 6.45) is 4.98. The third-order valence-corrected chi connectivity index (χ3v) is 5.93. The van der Waals surface area contributed by atoms with Crippen LogP contribution in [0.2, 0.25) is 0 Å². The lowest BCUT2D eigenvalue weighted by Crippen LogP contribution is -2.40. The van der Waals surface area contributed by atoms with Crippen LogP contribution in [0.25, 0.3) is 16.6 Å². The van der Waals surface area contributed by atoms with Crippen molar-refractivity contribution in [2.24, 2.45) is 0 Å². The molecule has 1 fully saturated rings. The second-order valence-electron chi connectivity index (χ2n) is 7.69. The third kappa shape index (κ3) is 3.92. The number of carbonyl (C=O) groups is 1. The van der Waals surface area contributed by atoms with Gasteiger partial charge in [0.15, 0.2) is 0 Å². The SMILES string of the molecule is CCN1CCC[C@@H]1CNC(=O)CCCn1c(=O)c2cccn2c2ccc(F)cc21. The maximum atomic E-state index is 13.8. The van der Waals surface area contributed by atoms with Crippen molar-refractivity contribution in [1.82, 2.24) is 19.2 Å². The second kappa shape index (κ2) is 8.37. The highest BCUT2D eigenvalue weighted by Crippen LogP contribution is 2.18. The number of likely N-dealkylation sites (tertiary alicyclic amines) is 1. The first kappa shape index (κ1) is 19.6. The number of rotatable bonds is 7. The van der Waals surface area contributed by atoms with E-state index in [4.69, 9.17) is 0 Å². The van der Waals surface area contributed by atoms with Crippen molar-refractivity contribution in [3.63, 3.8) is 0 Å². The van der Waals surface area contributed by atoms with Crippen molar-refractivity contribution in [1.29, 1.82) is 0 Å². The zero-order valence-corrected chi connectivity index (χ0v) is 16.7. The summed E-state index contributed by atoms with van der Waals surface area (Å²) in [4.78, 5) is 27.5. The molecule has 0 radical (unpaired) electrons. The molecular formula is C22H27FN4O2. The Balaban J connectivity index is 1.44. The van der Waals surface area contributed by atoms with Gasteiger partial charge in [-0.25, -0.2) is 4.39 Å². The molecule has 1 amide bonds. The van der Waals surface area contributed by atoms with Crippen molar-refractivity contribution in [3.8, 4) is 0 Å². The number of nitrogens with one attached hydrogen (secondary N) is 1. The van der Waals surface area contributed by atoms with Crippen molar-refractivity contribution in [2.75, 3.05) is 19.6 Å². The van der Waals surface area contributed by atoms with Gasteiger partial charge < -0.3 is 14.3 Å². The molecular weight excluding hydrogens is 371 g/mol. The number of carbonyl (C=O) groups excluding carboxylic acids is 1. The molecule has 0 saturated carbocycles. The summed E-state index contributed by atoms with van der Waals surface area (Å²) >= 11 is 0. The van der Waals surface area contributed by atoms with E-state index in [1.165, 1.54) is 18.6 Å². The molecule has 29 heavy (non-hydrogen) atoms. The second-order valence-corrected chi connectivity index (χ2v) is 7.69. The topological polar surface area (TPSA) is 58.8 Å².